The van der Waals surface area contributed by atoms with Crippen molar-refractivity contribution >= 4 is 5.97 Å². The summed E-state index contributed by atoms with van der Waals surface area (Å²) in [7, 11) is 1.34. The Kier molecular flexibility index (Phi) is 3.08. The van der Waals surface area contributed by atoms with Crippen LogP contribution in [0.5, 0.6) is 0 Å². The van der Waals surface area contributed by atoms with E-state index in [1.165, 1.54) is 7.11 Å². The fourth-order valence-corrected chi connectivity index (χ4v) is 1.01. The number of methoxy groups -OCH3 is 1. The zero-order chi connectivity index (χ0) is 9.84. The first-order valence-electron chi connectivity index (χ1n) is 4.01. The van der Waals surface area contributed by atoms with Crippen LogP contribution in [0.1, 0.15) is 23.8 Å². The number of nitrogens with two attached hydrogens (primary N) is 1. The number of ether oxygens (including phenoxy) is 1. The van der Waals surface area contributed by atoms with Gasteiger partial charge in [-0.3, -0.25) is 4.79 Å². The maximum atomic E-state index is 10.9. The topological polar surface area (TPSA) is 65.5 Å². The number of furan rings is 1. The molecular weight excluding hydrogens is 170 g/mol. The summed E-state index contributed by atoms with van der Waals surface area (Å²) in [5.74, 6) is 0.282. The van der Waals surface area contributed by atoms with Crippen LogP contribution < -0.4 is 5.73 Å². The maximum Gasteiger partial charge on any atom is 0.307 e. The highest BCUT2D eigenvalue weighted by molar-refractivity contribution is 5.70. The molecule has 4 nitrogen and oxygen atoms in total. The normalized spacial score (nSPS) is 12.5. The molecule has 0 aliphatic rings. The number of esters is 1. The Morgan fingerprint density at radius 3 is 2.92 bits per heavy atom. The summed E-state index contributed by atoms with van der Waals surface area (Å²) in [6.45, 7) is 1.90. The van der Waals surface area contributed by atoms with Crippen molar-refractivity contribution in [3.8, 4) is 0 Å². The Morgan fingerprint density at radius 1 is 1.77 bits per heavy atom. The molecule has 0 bridgehead atoms. The predicted octanol–water partition coefficient (Wildman–Crippen LogP) is 1.15. The molecule has 1 rings (SSSR count). The van der Waals surface area contributed by atoms with Gasteiger partial charge in [0.15, 0.2) is 0 Å². The first-order chi connectivity index (χ1) is 6.13. The predicted molar refractivity (Wildman–Crippen MR) is 47.0 cm³/mol. The number of aryl methyl sites for hydroxylation is 1. The lowest BCUT2D eigenvalue weighted by molar-refractivity contribution is -0.141. The van der Waals surface area contributed by atoms with Crippen molar-refractivity contribution < 1.29 is 13.9 Å². The van der Waals surface area contributed by atoms with Crippen LogP contribution >= 0.6 is 0 Å². The fourth-order valence-electron chi connectivity index (χ4n) is 1.01. The van der Waals surface area contributed by atoms with Crippen LogP contribution in [0.4, 0.5) is 0 Å². The molecule has 0 aromatic carbocycles. The lowest BCUT2D eigenvalue weighted by Gasteiger charge is -2.05. The van der Waals surface area contributed by atoms with Crippen LogP contribution in [0.2, 0.25) is 0 Å². The average molecular weight is 183 g/mol. The second kappa shape index (κ2) is 4.09. The molecule has 72 valence electrons. The maximum absolute atomic E-state index is 10.9. The first-order valence-corrected chi connectivity index (χ1v) is 4.01. The van der Waals surface area contributed by atoms with Crippen LogP contribution in [-0.4, -0.2) is 13.1 Å². The molecule has 0 aliphatic heterocycles. The van der Waals surface area contributed by atoms with Gasteiger partial charge >= 0.3 is 5.97 Å². The summed E-state index contributed by atoms with van der Waals surface area (Å²) in [6.07, 6.45) is 1.75. The van der Waals surface area contributed by atoms with E-state index in [1.807, 2.05) is 13.0 Å². The van der Waals surface area contributed by atoms with Gasteiger partial charge < -0.3 is 14.9 Å². The first kappa shape index (κ1) is 9.80. The van der Waals surface area contributed by atoms with Crippen molar-refractivity contribution in [1.82, 2.24) is 0 Å². The molecule has 1 aromatic heterocycles. The minimum atomic E-state index is -0.416. The molecule has 1 heterocycles. The van der Waals surface area contributed by atoms with Crippen molar-refractivity contribution in [2.45, 2.75) is 19.4 Å². The summed E-state index contributed by atoms with van der Waals surface area (Å²) in [6, 6.07) is 1.40. The SMILES string of the molecule is COC(=O)C[C@H](N)c1cc(C)co1. The Balaban J connectivity index is 2.58. The van der Waals surface area contributed by atoms with Gasteiger partial charge in [-0.05, 0) is 18.6 Å². The molecule has 2 N–H and O–H groups in total. The van der Waals surface area contributed by atoms with Gasteiger partial charge in [0.25, 0.3) is 0 Å². The molecule has 0 saturated carbocycles. The molecule has 0 unspecified atom stereocenters. The van der Waals surface area contributed by atoms with E-state index in [2.05, 4.69) is 4.74 Å². The van der Waals surface area contributed by atoms with E-state index in [0.717, 1.165) is 5.56 Å². The Morgan fingerprint density at radius 2 is 2.46 bits per heavy atom. The highest BCUT2D eigenvalue weighted by Crippen LogP contribution is 2.16. The van der Waals surface area contributed by atoms with Crippen molar-refractivity contribution in [2.75, 3.05) is 7.11 Å². The van der Waals surface area contributed by atoms with E-state index < -0.39 is 6.04 Å². The van der Waals surface area contributed by atoms with Crippen LogP contribution in [-0.2, 0) is 9.53 Å². The minimum Gasteiger partial charge on any atom is -0.469 e. The summed E-state index contributed by atoms with van der Waals surface area (Å²) < 4.78 is 9.63. The third kappa shape index (κ3) is 2.59. The molecule has 1 aromatic rings. The fraction of sp³-hybridized carbons (Fsp3) is 0.444. The van der Waals surface area contributed by atoms with Crippen LogP contribution in [0, 0.1) is 6.92 Å². The smallest absolute Gasteiger partial charge is 0.307 e. The highest BCUT2D eigenvalue weighted by atomic mass is 16.5. The van der Waals surface area contributed by atoms with Gasteiger partial charge in [-0.25, -0.2) is 0 Å². The van der Waals surface area contributed by atoms with E-state index in [1.54, 1.807) is 6.26 Å². The van der Waals surface area contributed by atoms with E-state index >= 15 is 0 Å². The largest absolute Gasteiger partial charge is 0.469 e. The van der Waals surface area contributed by atoms with E-state index in [4.69, 9.17) is 10.2 Å². The van der Waals surface area contributed by atoms with E-state index in [9.17, 15) is 4.79 Å². The summed E-state index contributed by atoms with van der Waals surface area (Å²) >= 11 is 0. The van der Waals surface area contributed by atoms with Gasteiger partial charge in [0.2, 0.25) is 0 Å². The van der Waals surface area contributed by atoms with Crippen LogP contribution in [0.15, 0.2) is 16.7 Å². The lowest BCUT2D eigenvalue weighted by atomic mass is 10.1. The molecule has 0 amide bonds. The number of hydrogen-bond acceptors (Lipinski definition) is 4. The molecule has 0 spiro atoms. The zero-order valence-electron chi connectivity index (χ0n) is 7.74. The molecule has 0 radical (unpaired) electrons. The molecule has 1 atom stereocenters. The van der Waals surface area contributed by atoms with Gasteiger partial charge in [0.05, 0.1) is 25.8 Å². The number of carbonyl (C=O) groups is 1. The van der Waals surface area contributed by atoms with Crippen LogP contribution in [0.3, 0.4) is 0 Å². The second-order valence-corrected chi connectivity index (χ2v) is 2.91. The Bertz CT molecular complexity index is 293. The summed E-state index contributed by atoms with van der Waals surface area (Å²) in [4.78, 5) is 10.9. The zero-order valence-corrected chi connectivity index (χ0v) is 7.74. The van der Waals surface area contributed by atoms with Crippen LogP contribution in [0.25, 0.3) is 0 Å². The number of hydrogen-bond donors (Lipinski definition) is 1. The summed E-state index contributed by atoms with van der Waals surface area (Å²) in [5.41, 5.74) is 6.69. The second-order valence-electron chi connectivity index (χ2n) is 2.91. The number of carbonyl (C=O) groups excluding carboxylic acids is 1. The highest BCUT2D eigenvalue weighted by Gasteiger charge is 2.14. The average Bonchev–Trinajstić information content (AvgIpc) is 2.51. The standard InChI is InChI=1S/C9H13NO3/c1-6-3-8(13-5-6)7(10)4-9(11)12-2/h3,5,7H,4,10H2,1-2H3/t7-/m0/s1. The van der Waals surface area contributed by atoms with Crippen molar-refractivity contribution in [1.29, 1.82) is 0 Å². The van der Waals surface area contributed by atoms with Crippen molar-refractivity contribution in [3.05, 3.63) is 23.7 Å². The van der Waals surface area contributed by atoms with Gasteiger partial charge in [-0.15, -0.1) is 0 Å². The van der Waals surface area contributed by atoms with Gasteiger partial charge in [0, 0.05) is 0 Å². The van der Waals surface area contributed by atoms with Crippen molar-refractivity contribution in [3.63, 3.8) is 0 Å². The third-order valence-electron chi connectivity index (χ3n) is 1.73. The third-order valence-corrected chi connectivity index (χ3v) is 1.73. The quantitative estimate of drug-likeness (QED) is 0.714. The summed E-state index contributed by atoms with van der Waals surface area (Å²) in [5, 5.41) is 0. The lowest BCUT2D eigenvalue weighted by Crippen LogP contribution is -2.15. The molecule has 0 aliphatic carbocycles. The molecule has 0 saturated heterocycles. The van der Waals surface area contributed by atoms with Gasteiger partial charge in [0.1, 0.15) is 5.76 Å². The molecule has 13 heavy (non-hydrogen) atoms. The van der Waals surface area contributed by atoms with Gasteiger partial charge in [-0.1, -0.05) is 0 Å². The van der Waals surface area contributed by atoms with Crippen molar-refractivity contribution in [2.24, 2.45) is 5.73 Å². The minimum absolute atomic E-state index is 0.142. The van der Waals surface area contributed by atoms with Gasteiger partial charge in [-0.2, -0.15) is 0 Å². The Labute approximate surface area is 76.7 Å². The Hall–Kier alpha value is -1.29. The van der Waals surface area contributed by atoms with E-state index in [0.29, 0.717) is 5.76 Å². The molecule has 4 heteroatoms. The monoisotopic (exact) mass is 183 g/mol. The van der Waals surface area contributed by atoms with E-state index in [-0.39, 0.29) is 12.4 Å². The number of rotatable bonds is 3. The molecule has 0 fully saturated rings. The molecular formula is C9H13NO3.